The maximum atomic E-state index is 12.0. The molecule has 1 saturated carbocycles. The molecule has 1 fully saturated rings. The van der Waals surface area contributed by atoms with Crippen LogP contribution in [0.2, 0.25) is 0 Å². The normalized spacial score (nSPS) is 13.7. The van der Waals surface area contributed by atoms with Crippen molar-refractivity contribution in [3.05, 3.63) is 36.7 Å². The Morgan fingerprint density at radius 2 is 2.26 bits per heavy atom. The summed E-state index contributed by atoms with van der Waals surface area (Å²) in [6.07, 6.45) is 5.04. The molecule has 0 bridgehead atoms. The fraction of sp³-hybridized carbons (Fsp3) is 0.308. The quantitative estimate of drug-likeness (QED) is 0.794. The molecule has 0 saturated heterocycles. The zero-order valence-corrected chi connectivity index (χ0v) is 10.4. The van der Waals surface area contributed by atoms with Crippen molar-refractivity contribution in [1.82, 2.24) is 9.88 Å². The summed E-state index contributed by atoms with van der Waals surface area (Å²) in [5.74, 6) is -1.09. The standard InChI is InChI=1S/C13H15N3O3/c1-2-7-16(10-4-5-10)13(19)15-9-3-6-11(12(17)18)14-8-9/h2-3,6,8,10H,1,4-5,7H2,(H,15,19)(H,17,18). The highest BCUT2D eigenvalue weighted by Crippen LogP contribution is 2.27. The lowest BCUT2D eigenvalue weighted by molar-refractivity contribution is 0.0690. The Morgan fingerprint density at radius 3 is 2.74 bits per heavy atom. The van der Waals surface area contributed by atoms with E-state index in [1.165, 1.54) is 18.3 Å². The van der Waals surface area contributed by atoms with Gasteiger partial charge in [-0.15, -0.1) is 6.58 Å². The Kier molecular flexibility index (Phi) is 3.79. The van der Waals surface area contributed by atoms with Crippen LogP contribution in [0.4, 0.5) is 10.5 Å². The molecule has 0 aliphatic heterocycles. The van der Waals surface area contributed by atoms with Crippen molar-refractivity contribution in [3.63, 3.8) is 0 Å². The Labute approximate surface area is 110 Å². The number of amides is 2. The van der Waals surface area contributed by atoms with E-state index < -0.39 is 5.97 Å². The fourth-order valence-electron chi connectivity index (χ4n) is 1.71. The number of nitrogens with zero attached hydrogens (tertiary/aromatic N) is 2. The van der Waals surface area contributed by atoms with E-state index in [0.29, 0.717) is 12.2 Å². The maximum absolute atomic E-state index is 12.0. The van der Waals surface area contributed by atoms with Crippen molar-refractivity contribution in [3.8, 4) is 0 Å². The van der Waals surface area contributed by atoms with Gasteiger partial charge in [-0.3, -0.25) is 0 Å². The van der Waals surface area contributed by atoms with Gasteiger partial charge in [0.05, 0.1) is 11.9 Å². The number of carbonyl (C=O) groups is 2. The van der Waals surface area contributed by atoms with Crippen molar-refractivity contribution in [1.29, 1.82) is 0 Å². The van der Waals surface area contributed by atoms with Gasteiger partial charge >= 0.3 is 12.0 Å². The monoisotopic (exact) mass is 261 g/mol. The largest absolute Gasteiger partial charge is 0.477 e. The van der Waals surface area contributed by atoms with Crippen LogP contribution in [0.1, 0.15) is 23.3 Å². The lowest BCUT2D eigenvalue weighted by Crippen LogP contribution is -2.36. The molecule has 6 heteroatoms. The first-order chi connectivity index (χ1) is 9.11. The third-order valence-electron chi connectivity index (χ3n) is 2.81. The molecule has 100 valence electrons. The van der Waals surface area contributed by atoms with Crippen molar-refractivity contribution in [2.45, 2.75) is 18.9 Å². The summed E-state index contributed by atoms with van der Waals surface area (Å²) in [6, 6.07) is 2.94. The summed E-state index contributed by atoms with van der Waals surface area (Å²) < 4.78 is 0. The highest BCUT2D eigenvalue weighted by Gasteiger charge is 2.31. The Balaban J connectivity index is 2.00. The van der Waals surface area contributed by atoms with Crippen LogP contribution in [0.15, 0.2) is 31.0 Å². The average molecular weight is 261 g/mol. The summed E-state index contributed by atoms with van der Waals surface area (Å²) in [6.45, 7) is 4.13. The maximum Gasteiger partial charge on any atom is 0.354 e. The number of pyridine rings is 1. The van der Waals surface area contributed by atoms with Crippen LogP contribution in [0.3, 0.4) is 0 Å². The van der Waals surface area contributed by atoms with Crippen LogP contribution in [0, 0.1) is 0 Å². The molecule has 1 aliphatic rings. The Hall–Kier alpha value is -2.37. The number of urea groups is 1. The minimum absolute atomic E-state index is 0.0526. The minimum Gasteiger partial charge on any atom is -0.477 e. The zero-order chi connectivity index (χ0) is 13.8. The van der Waals surface area contributed by atoms with Crippen LogP contribution in [-0.4, -0.2) is 39.6 Å². The molecule has 1 aliphatic carbocycles. The van der Waals surface area contributed by atoms with Gasteiger partial charge in [0, 0.05) is 12.6 Å². The number of carboxylic acid groups (broad SMARTS) is 1. The van der Waals surface area contributed by atoms with Crippen LogP contribution in [0.5, 0.6) is 0 Å². The van der Waals surface area contributed by atoms with E-state index in [0.717, 1.165) is 12.8 Å². The molecule has 1 heterocycles. The van der Waals surface area contributed by atoms with Gasteiger partial charge in [0.15, 0.2) is 0 Å². The third kappa shape index (κ3) is 3.31. The molecule has 6 nitrogen and oxygen atoms in total. The first kappa shape index (κ1) is 13.1. The summed E-state index contributed by atoms with van der Waals surface area (Å²) in [7, 11) is 0. The molecule has 2 rings (SSSR count). The molecule has 2 N–H and O–H groups in total. The van der Waals surface area contributed by atoms with Crippen LogP contribution < -0.4 is 5.32 Å². The summed E-state index contributed by atoms with van der Waals surface area (Å²) in [5.41, 5.74) is 0.424. The summed E-state index contributed by atoms with van der Waals surface area (Å²) in [5, 5.41) is 11.4. The van der Waals surface area contributed by atoms with Crippen molar-refractivity contribution in [2.75, 3.05) is 11.9 Å². The number of nitrogens with one attached hydrogen (secondary N) is 1. The second kappa shape index (κ2) is 5.51. The second-order valence-corrected chi connectivity index (χ2v) is 4.34. The summed E-state index contributed by atoms with van der Waals surface area (Å²) in [4.78, 5) is 28.1. The smallest absolute Gasteiger partial charge is 0.354 e. The van der Waals surface area contributed by atoms with Crippen LogP contribution in [-0.2, 0) is 0 Å². The lowest BCUT2D eigenvalue weighted by atomic mass is 10.3. The van der Waals surface area contributed by atoms with Gasteiger partial charge in [-0.1, -0.05) is 6.08 Å². The van der Waals surface area contributed by atoms with E-state index in [-0.39, 0.29) is 17.8 Å². The molecule has 0 radical (unpaired) electrons. The fourth-order valence-corrected chi connectivity index (χ4v) is 1.71. The van der Waals surface area contributed by atoms with Crippen LogP contribution >= 0.6 is 0 Å². The van der Waals surface area contributed by atoms with Gasteiger partial charge in [0.1, 0.15) is 5.69 Å². The van der Waals surface area contributed by atoms with Crippen molar-refractivity contribution in [2.24, 2.45) is 0 Å². The second-order valence-electron chi connectivity index (χ2n) is 4.34. The molecule has 0 aromatic carbocycles. The number of hydrogen-bond acceptors (Lipinski definition) is 3. The number of aromatic nitrogens is 1. The topological polar surface area (TPSA) is 82.5 Å². The van der Waals surface area contributed by atoms with Crippen molar-refractivity contribution < 1.29 is 14.7 Å². The molecule has 2 amide bonds. The Morgan fingerprint density at radius 1 is 1.53 bits per heavy atom. The number of anilines is 1. The van der Waals surface area contributed by atoms with Gasteiger partial charge in [0.2, 0.25) is 0 Å². The number of carboxylic acids is 1. The van der Waals surface area contributed by atoms with E-state index in [9.17, 15) is 9.59 Å². The first-order valence-corrected chi connectivity index (χ1v) is 5.99. The SMILES string of the molecule is C=CCN(C(=O)Nc1ccc(C(=O)O)nc1)C1CC1. The molecule has 0 atom stereocenters. The highest BCUT2D eigenvalue weighted by molar-refractivity contribution is 5.90. The Bertz CT molecular complexity index is 494. The first-order valence-electron chi connectivity index (χ1n) is 5.99. The average Bonchev–Trinajstić information content (AvgIpc) is 3.20. The van der Waals surface area contributed by atoms with E-state index in [1.54, 1.807) is 11.0 Å². The number of carbonyl (C=O) groups excluding carboxylic acids is 1. The zero-order valence-electron chi connectivity index (χ0n) is 10.4. The summed E-state index contributed by atoms with van der Waals surface area (Å²) >= 11 is 0. The van der Waals surface area contributed by atoms with Gasteiger partial charge < -0.3 is 15.3 Å². The van der Waals surface area contributed by atoms with Gasteiger partial charge in [0.25, 0.3) is 0 Å². The highest BCUT2D eigenvalue weighted by atomic mass is 16.4. The molecular formula is C13H15N3O3. The predicted octanol–water partition coefficient (Wildman–Crippen LogP) is 1.96. The number of aromatic carboxylic acids is 1. The van der Waals surface area contributed by atoms with E-state index in [1.807, 2.05) is 0 Å². The molecular weight excluding hydrogens is 246 g/mol. The van der Waals surface area contributed by atoms with Gasteiger partial charge in [-0.05, 0) is 25.0 Å². The molecule has 0 unspecified atom stereocenters. The number of hydrogen-bond donors (Lipinski definition) is 2. The van der Waals surface area contributed by atoms with E-state index in [4.69, 9.17) is 5.11 Å². The molecule has 1 aromatic rings. The number of rotatable bonds is 5. The van der Waals surface area contributed by atoms with E-state index in [2.05, 4.69) is 16.9 Å². The predicted molar refractivity (Wildman–Crippen MR) is 70.1 cm³/mol. The van der Waals surface area contributed by atoms with Crippen LogP contribution in [0.25, 0.3) is 0 Å². The lowest BCUT2D eigenvalue weighted by Gasteiger charge is -2.21. The van der Waals surface area contributed by atoms with Gasteiger partial charge in [-0.2, -0.15) is 0 Å². The van der Waals surface area contributed by atoms with Crippen molar-refractivity contribution >= 4 is 17.7 Å². The minimum atomic E-state index is -1.09. The van der Waals surface area contributed by atoms with Gasteiger partial charge in [-0.25, -0.2) is 14.6 Å². The van der Waals surface area contributed by atoms with E-state index >= 15 is 0 Å². The third-order valence-corrected chi connectivity index (χ3v) is 2.81. The molecule has 0 spiro atoms. The molecule has 1 aromatic heterocycles. The molecule has 19 heavy (non-hydrogen) atoms.